The zero-order chi connectivity index (χ0) is 17.7. The second-order valence-electron chi connectivity index (χ2n) is 5.30. The van der Waals surface area contributed by atoms with E-state index in [-0.39, 0.29) is 10.9 Å². The Morgan fingerprint density at radius 3 is 2.29 bits per heavy atom. The van der Waals surface area contributed by atoms with Crippen molar-refractivity contribution in [3.63, 3.8) is 0 Å². The molecule has 0 N–H and O–H groups in total. The molecule has 3 rings (SSSR count). The molecule has 1 nitrogen and oxygen atoms in total. The molecule has 0 saturated carbocycles. The molecular weight excluding hydrogens is 402 g/mol. The molecule has 8 heteroatoms. The number of hydrogen-bond acceptors (Lipinski definition) is 1. The first-order chi connectivity index (χ1) is 11.1. The Balaban J connectivity index is 2.02. The van der Waals surface area contributed by atoms with Crippen LogP contribution in [0.2, 0.25) is 0 Å². The van der Waals surface area contributed by atoms with Crippen molar-refractivity contribution in [1.82, 2.24) is 0 Å². The summed E-state index contributed by atoms with van der Waals surface area (Å²) in [5.74, 6) is -0.486. The van der Waals surface area contributed by atoms with E-state index in [0.717, 1.165) is 11.1 Å². The number of rotatable bonds is 3. The molecule has 128 valence electrons. The van der Waals surface area contributed by atoms with Gasteiger partial charge in [-0.3, -0.25) is 0 Å². The number of alkyl halides is 6. The van der Waals surface area contributed by atoms with Gasteiger partial charge in [-0.05, 0) is 38.7 Å². The highest BCUT2D eigenvalue weighted by molar-refractivity contribution is 9.10. The molecule has 0 aliphatic heterocycles. The molecular formula is C16H9BrF6O. The molecule has 0 bridgehead atoms. The summed E-state index contributed by atoms with van der Waals surface area (Å²) in [7, 11) is 0. The number of benzene rings is 2. The number of halogens is 7. The highest BCUT2D eigenvalue weighted by Crippen LogP contribution is 2.47. The van der Waals surface area contributed by atoms with Gasteiger partial charge in [0.25, 0.3) is 6.17 Å². The molecule has 0 amide bonds. The van der Waals surface area contributed by atoms with Crippen LogP contribution in [-0.4, -0.2) is 18.5 Å². The van der Waals surface area contributed by atoms with Gasteiger partial charge in [0.1, 0.15) is 5.75 Å². The first kappa shape index (κ1) is 17.1. The summed E-state index contributed by atoms with van der Waals surface area (Å²) in [6.45, 7) is 0. The average Bonchev–Trinajstić information content (AvgIpc) is 2.87. The van der Waals surface area contributed by atoms with Crippen LogP contribution >= 0.6 is 15.9 Å². The fraction of sp³-hybridized carbons (Fsp3) is 0.250. The van der Waals surface area contributed by atoms with Gasteiger partial charge in [-0.1, -0.05) is 30.3 Å². The lowest BCUT2D eigenvalue weighted by Crippen LogP contribution is -2.45. The molecule has 0 saturated heterocycles. The number of hydrogen-bond donors (Lipinski definition) is 0. The van der Waals surface area contributed by atoms with Crippen molar-refractivity contribution in [2.75, 3.05) is 0 Å². The van der Waals surface area contributed by atoms with E-state index < -0.39 is 24.2 Å². The third-order valence-corrected chi connectivity index (χ3v) is 4.33. The summed E-state index contributed by atoms with van der Waals surface area (Å²) in [5, 5.41) is 0. The molecule has 0 radical (unpaired) electrons. The Kier molecular flexibility index (Phi) is 4.06. The Bertz CT molecular complexity index is 787. The summed E-state index contributed by atoms with van der Waals surface area (Å²) < 4.78 is 81.5. The Labute approximate surface area is 141 Å². The van der Waals surface area contributed by atoms with Crippen LogP contribution in [0.15, 0.2) is 40.9 Å². The van der Waals surface area contributed by atoms with E-state index in [4.69, 9.17) is 0 Å². The molecule has 2 aromatic rings. The molecule has 2 aromatic carbocycles. The third kappa shape index (κ3) is 2.87. The summed E-state index contributed by atoms with van der Waals surface area (Å²) >= 11 is 2.98. The van der Waals surface area contributed by atoms with E-state index in [1.54, 1.807) is 30.3 Å². The lowest BCUT2D eigenvalue weighted by Gasteiger charge is -2.25. The summed E-state index contributed by atoms with van der Waals surface area (Å²) in [6.07, 6.45) is -15.0. The average molecular weight is 411 g/mol. The molecule has 1 aliphatic carbocycles. The van der Waals surface area contributed by atoms with Gasteiger partial charge in [0.2, 0.25) is 0 Å². The normalized spacial score (nSPS) is 15.0. The Morgan fingerprint density at radius 1 is 0.958 bits per heavy atom. The van der Waals surface area contributed by atoms with E-state index >= 15 is 0 Å². The second-order valence-corrected chi connectivity index (χ2v) is 6.16. The maximum Gasteiger partial charge on any atom is 0.439 e. The van der Waals surface area contributed by atoms with Gasteiger partial charge in [-0.25, -0.2) is 4.39 Å². The molecule has 1 unspecified atom stereocenters. The van der Waals surface area contributed by atoms with Crippen LogP contribution in [0.4, 0.5) is 26.3 Å². The fourth-order valence-electron chi connectivity index (χ4n) is 2.64. The minimum absolute atomic E-state index is 0.0307. The van der Waals surface area contributed by atoms with Gasteiger partial charge in [-0.2, -0.15) is 22.0 Å². The van der Waals surface area contributed by atoms with Crippen LogP contribution in [0.25, 0.3) is 11.1 Å². The highest BCUT2D eigenvalue weighted by Gasteiger charge is 2.59. The smallest absolute Gasteiger partial charge is 0.429 e. The monoisotopic (exact) mass is 410 g/mol. The SMILES string of the molecule is FC(C(F)(F)F)C(F)(F)Oc1c(Br)ccc2c1Cc1ccccc1-2. The van der Waals surface area contributed by atoms with Crippen LogP contribution in [0.5, 0.6) is 5.75 Å². The minimum Gasteiger partial charge on any atom is -0.429 e. The molecule has 0 spiro atoms. The zero-order valence-electron chi connectivity index (χ0n) is 11.8. The standard InChI is InChI=1S/C16H9BrF6O/c17-12-6-5-10-9-4-2-1-3-8(9)7-11(10)13(12)24-16(22,23)14(18)15(19,20)21/h1-6,14H,7H2. The van der Waals surface area contributed by atoms with Crippen molar-refractivity contribution in [3.8, 4) is 16.9 Å². The van der Waals surface area contributed by atoms with Crippen LogP contribution in [0.1, 0.15) is 11.1 Å². The Morgan fingerprint density at radius 2 is 1.62 bits per heavy atom. The largest absolute Gasteiger partial charge is 0.439 e. The topological polar surface area (TPSA) is 9.23 Å². The van der Waals surface area contributed by atoms with E-state index in [2.05, 4.69) is 20.7 Å². The summed E-state index contributed by atoms with van der Waals surface area (Å²) in [5.41, 5.74) is 2.47. The van der Waals surface area contributed by atoms with Crippen LogP contribution in [-0.2, 0) is 6.42 Å². The predicted octanol–water partition coefficient (Wildman–Crippen LogP) is 5.89. The van der Waals surface area contributed by atoms with Crippen molar-refractivity contribution < 1.29 is 31.1 Å². The fourth-order valence-corrected chi connectivity index (χ4v) is 3.10. The molecule has 0 heterocycles. The van der Waals surface area contributed by atoms with Gasteiger partial charge in [0.05, 0.1) is 4.47 Å². The molecule has 0 fully saturated rings. The number of fused-ring (bicyclic) bond motifs is 3. The highest BCUT2D eigenvalue weighted by atomic mass is 79.9. The quantitative estimate of drug-likeness (QED) is 0.489. The van der Waals surface area contributed by atoms with E-state index in [9.17, 15) is 26.3 Å². The van der Waals surface area contributed by atoms with Gasteiger partial charge >= 0.3 is 12.3 Å². The molecule has 0 aromatic heterocycles. The second kappa shape index (κ2) is 5.68. The van der Waals surface area contributed by atoms with Gasteiger partial charge in [0, 0.05) is 12.0 Å². The molecule has 1 atom stereocenters. The van der Waals surface area contributed by atoms with Crippen molar-refractivity contribution >= 4 is 15.9 Å². The van der Waals surface area contributed by atoms with Gasteiger partial charge in [-0.15, -0.1) is 0 Å². The maximum atomic E-state index is 13.6. The van der Waals surface area contributed by atoms with Crippen molar-refractivity contribution in [3.05, 3.63) is 52.0 Å². The lowest BCUT2D eigenvalue weighted by atomic mass is 10.1. The van der Waals surface area contributed by atoms with Crippen molar-refractivity contribution in [2.45, 2.75) is 24.9 Å². The maximum absolute atomic E-state index is 13.6. The van der Waals surface area contributed by atoms with E-state index in [0.29, 0.717) is 11.1 Å². The van der Waals surface area contributed by atoms with Crippen molar-refractivity contribution in [2.24, 2.45) is 0 Å². The third-order valence-electron chi connectivity index (χ3n) is 3.71. The zero-order valence-corrected chi connectivity index (χ0v) is 13.4. The first-order valence-corrected chi connectivity index (χ1v) is 7.58. The van der Waals surface area contributed by atoms with Crippen molar-refractivity contribution in [1.29, 1.82) is 0 Å². The van der Waals surface area contributed by atoms with E-state index in [1.807, 2.05) is 0 Å². The van der Waals surface area contributed by atoms with Crippen LogP contribution < -0.4 is 4.74 Å². The van der Waals surface area contributed by atoms with Crippen LogP contribution in [0.3, 0.4) is 0 Å². The lowest BCUT2D eigenvalue weighted by molar-refractivity contribution is -0.305. The first-order valence-electron chi connectivity index (χ1n) is 6.78. The molecule has 1 aliphatic rings. The van der Waals surface area contributed by atoms with Crippen LogP contribution in [0, 0.1) is 0 Å². The summed E-state index contributed by atoms with van der Waals surface area (Å²) in [4.78, 5) is 0. The molecule has 24 heavy (non-hydrogen) atoms. The minimum atomic E-state index is -5.73. The predicted molar refractivity (Wildman–Crippen MR) is 78.9 cm³/mol. The van der Waals surface area contributed by atoms with Gasteiger partial charge in [0.15, 0.2) is 0 Å². The summed E-state index contributed by atoms with van der Waals surface area (Å²) in [6, 6.07) is 10.1. The Hall–Kier alpha value is -1.70. The van der Waals surface area contributed by atoms with Gasteiger partial charge < -0.3 is 4.74 Å². The van der Waals surface area contributed by atoms with E-state index in [1.165, 1.54) is 6.07 Å². The number of ether oxygens (including phenoxy) is 1.